The van der Waals surface area contributed by atoms with Gasteiger partial charge in [-0.15, -0.1) is 39.5 Å². The molecular weight excluding hydrogens is 389 g/mol. The molecule has 0 aliphatic rings. The van der Waals surface area contributed by atoms with Gasteiger partial charge >= 0.3 is 19.1 Å². The van der Waals surface area contributed by atoms with Crippen molar-refractivity contribution in [2.24, 2.45) is 0 Å². The van der Waals surface area contributed by atoms with Crippen LogP contribution in [0.3, 0.4) is 0 Å². The maximum Gasteiger partial charge on any atom is 0.573 e. The Labute approximate surface area is 140 Å². The Bertz CT molecular complexity index is 569. The first-order valence-electron chi connectivity index (χ1n) is 6.77. The van der Waals surface area contributed by atoms with Crippen LogP contribution in [-0.2, 0) is 0 Å². The molecule has 1 unspecified atom stereocenters. The normalized spacial score (nSPS) is 14.1. The molecule has 0 aliphatic heterocycles. The van der Waals surface area contributed by atoms with Gasteiger partial charge < -0.3 is 19.5 Å². The number of ether oxygens (including phenoxy) is 3. The molecule has 1 rings (SSSR count). The fourth-order valence-corrected chi connectivity index (χ4v) is 2.02. The third-order valence-corrected chi connectivity index (χ3v) is 2.87. The Morgan fingerprint density at radius 2 is 1.19 bits per heavy atom. The van der Waals surface area contributed by atoms with Crippen molar-refractivity contribution in [2.45, 2.75) is 38.5 Å². The van der Waals surface area contributed by atoms with Crippen LogP contribution in [0.1, 0.15) is 24.9 Å². The topological polar surface area (TPSA) is 39.7 Å². The van der Waals surface area contributed by atoms with Crippen LogP contribution < -0.4 is 19.5 Å². The highest BCUT2D eigenvalue weighted by Crippen LogP contribution is 2.46. The summed E-state index contributed by atoms with van der Waals surface area (Å²) in [6, 6.07) is 0.186. The second kappa shape index (κ2) is 7.68. The summed E-state index contributed by atoms with van der Waals surface area (Å²) in [4.78, 5) is 0. The maximum absolute atomic E-state index is 12.5. The maximum atomic E-state index is 12.5. The van der Waals surface area contributed by atoms with E-state index >= 15 is 0 Å². The summed E-state index contributed by atoms with van der Waals surface area (Å²) in [6.07, 6.45) is -16.4. The van der Waals surface area contributed by atoms with Crippen molar-refractivity contribution in [3.8, 4) is 17.2 Å². The molecule has 0 amide bonds. The Morgan fingerprint density at radius 1 is 0.808 bits per heavy atom. The van der Waals surface area contributed by atoms with Crippen LogP contribution in [0, 0.1) is 0 Å². The van der Waals surface area contributed by atoms with Gasteiger partial charge in [0.1, 0.15) is 0 Å². The number of halogens is 9. The molecule has 1 aromatic rings. The van der Waals surface area contributed by atoms with Gasteiger partial charge in [-0.25, -0.2) is 0 Å². The number of benzene rings is 1. The lowest BCUT2D eigenvalue weighted by Crippen LogP contribution is -2.24. The molecule has 26 heavy (non-hydrogen) atoms. The smallest absolute Gasteiger partial charge is 0.402 e. The average Bonchev–Trinajstić information content (AvgIpc) is 2.39. The SMILES string of the molecule is CCC(NC)c1cc(OC(F)(F)F)c(OC(F)(F)F)c(OC(F)(F)F)c1. The molecule has 13 heteroatoms. The molecule has 4 nitrogen and oxygen atoms in total. The molecule has 0 aromatic heterocycles. The predicted molar refractivity (Wildman–Crippen MR) is 68.6 cm³/mol. The van der Waals surface area contributed by atoms with E-state index in [1.165, 1.54) is 14.0 Å². The Hall–Kier alpha value is -2.05. The van der Waals surface area contributed by atoms with Crippen LogP contribution >= 0.6 is 0 Å². The van der Waals surface area contributed by atoms with Crippen molar-refractivity contribution in [2.75, 3.05) is 7.05 Å². The van der Waals surface area contributed by atoms with Crippen LogP contribution in [0.5, 0.6) is 17.2 Å². The monoisotopic (exact) mass is 401 g/mol. The van der Waals surface area contributed by atoms with Crippen LogP contribution in [0.25, 0.3) is 0 Å². The molecule has 1 atom stereocenters. The molecule has 0 bridgehead atoms. The van der Waals surface area contributed by atoms with Gasteiger partial charge in [0.2, 0.25) is 5.75 Å². The first kappa shape index (κ1) is 22.0. The second-order valence-corrected chi connectivity index (χ2v) is 4.74. The summed E-state index contributed by atoms with van der Waals surface area (Å²) in [5.41, 5.74) is -0.233. The lowest BCUT2D eigenvalue weighted by molar-refractivity contribution is -0.293. The molecule has 0 saturated carbocycles. The highest BCUT2D eigenvalue weighted by Gasteiger charge is 2.41. The molecule has 150 valence electrons. The summed E-state index contributed by atoms with van der Waals surface area (Å²) in [5.74, 6) is -5.15. The molecule has 1 aromatic carbocycles. The Kier molecular flexibility index (Phi) is 6.49. The molecule has 0 radical (unpaired) electrons. The number of rotatable bonds is 6. The second-order valence-electron chi connectivity index (χ2n) is 4.74. The quantitative estimate of drug-likeness (QED) is 0.677. The molecule has 0 heterocycles. The average molecular weight is 401 g/mol. The lowest BCUT2D eigenvalue weighted by atomic mass is 10.0. The highest BCUT2D eigenvalue weighted by molar-refractivity contribution is 5.55. The van der Waals surface area contributed by atoms with Gasteiger partial charge in [0, 0.05) is 6.04 Å². The zero-order valence-electron chi connectivity index (χ0n) is 13.1. The molecular formula is C13H12F9NO3. The van der Waals surface area contributed by atoms with Gasteiger partial charge in [-0.1, -0.05) is 6.92 Å². The third-order valence-electron chi connectivity index (χ3n) is 2.87. The minimum absolute atomic E-state index is 0.187. The van der Waals surface area contributed by atoms with Gasteiger partial charge in [0.15, 0.2) is 11.5 Å². The Balaban J connectivity index is 3.62. The van der Waals surface area contributed by atoms with E-state index in [4.69, 9.17) is 0 Å². The van der Waals surface area contributed by atoms with E-state index in [2.05, 4.69) is 19.5 Å². The van der Waals surface area contributed by atoms with Crippen molar-refractivity contribution in [3.05, 3.63) is 17.7 Å². The summed E-state index contributed by atoms with van der Waals surface area (Å²) in [7, 11) is 1.35. The van der Waals surface area contributed by atoms with E-state index in [-0.39, 0.29) is 12.0 Å². The minimum Gasteiger partial charge on any atom is -0.402 e. The first-order valence-corrected chi connectivity index (χ1v) is 6.77. The van der Waals surface area contributed by atoms with Crippen molar-refractivity contribution >= 4 is 0 Å². The number of hydrogen-bond acceptors (Lipinski definition) is 4. The fraction of sp³-hybridized carbons (Fsp3) is 0.538. The molecule has 0 aliphatic carbocycles. The largest absolute Gasteiger partial charge is 0.573 e. The van der Waals surface area contributed by atoms with Crippen molar-refractivity contribution in [1.82, 2.24) is 5.32 Å². The van der Waals surface area contributed by atoms with Crippen LogP contribution in [-0.4, -0.2) is 26.1 Å². The highest BCUT2D eigenvalue weighted by atomic mass is 19.4. The summed E-state index contributed by atoms with van der Waals surface area (Å²) in [5, 5.41) is 2.58. The van der Waals surface area contributed by atoms with Gasteiger partial charge in [0.25, 0.3) is 0 Å². The summed E-state index contributed by atoms with van der Waals surface area (Å²) >= 11 is 0. The molecule has 0 spiro atoms. The lowest BCUT2D eigenvalue weighted by Gasteiger charge is -2.22. The van der Waals surface area contributed by atoms with E-state index in [1.54, 1.807) is 0 Å². The van der Waals surface area contributed by atoms with E-state index in [0.717, 1.165) is 0 Å². The number of nitrogens with one attached hydrogen (secondary N) is 1. The number of hydrogen-bond donors (Lipinski definition) is 1. The van der Waals surface area contributed by atoms with Crippen LogP contribution in [0.15, 0.2) is 12.1 Å². The van der Waals surface area contributed by atoms with Gasteiger partial charge in [-0.2, -0.15) is 0 Å². The standard InChI is InChI=1S/C13H12F9NO3/c1-3-7(23-2)6-4-8(24-11(14,15)16)10(26-13(20,21)22)9(5-6)25-12(17,18)19/h4-5,7,23H,3H2,1-2H3. The van der Waals surface area contributed by atoms with E-state index in [1.807, 2.05) is 0 Å². The Morgan fingerprint density at radius 3 is 1.46 bits per heavy atom. The van der Waals surface area contributed by atoms with Crippen LogP contribution in [0.2, 0.25) is 0 Å². The van der Waals surface area contributed by atoms with E-state index in [0.29, 0.717) is 12.1 Å². The molecule has 0 saturated heterocycles. The van der Waals surface area contributed by atoms with Gasteiger partial charge in [-0.3, -0.25) is 0 Å². The van der Waals surface area contributed by atoms with Crippen molar-refractivity contribution in [1.29, 1.82) is 0 Å². The van der Waals surface area contributed by atoms with Gasteiger partial charge in [-0.05, 0) is 31.2 Å². The third kappa shape index (κ3) is 7.06. The molecule has 1 N–H and O–H groups in total. The summed E-state index contributed by atoms with van der Waals surface area (Å²) in [6.45, 7) is 1.54. The van der Waals surface area contributed by atoms with E-state index in [9.17, 15) is 39.5 Å². The fourth-order valence-electron chi connectivity index (χ4n) is 2.02. The summed E-state index contributed by atoms with van der Waals surface area (Å²) < 4.78 is 122. The predicted octanol–water partition coefficient (Wildman–Crippen LogP) is 5.05. The first-order chi connectivity index (χ1) is 11.6. The van der Waals surface area contributed by atoms with E-state index < -0.39 is 42.4 Å². The van der Waals surface area contributed by atoms with Gasteiger partial charge in [0.05, 0.1) is 0 Å². The zero-order chi connectivity index (χ0) is 20.3. The minimum atomic E-state index is -5.60. The zero-order valence-corrected chi connectivity index (χ0v) is 13.1. The van der Waals surface area contributed by atoms with Crippen molar-refractivity contribution < 1.29 is 53.7 Å². The van der Waals surface area contributed by atoms with Crippen molar-refractivity contribution in [3.63, 3.8) is 0 Å². The number of alkyl halides is 9. The van der Waals surface area contributed by atoms with Crippen LogP contribution in [0.4, 0.5) is 39.5 Å². The molecule has 0 fully saturated rings.